The minimum atomic E-state index is -3.66. The zero-order valence-electron chi connectivity index (χ0n) is 13.7. The summed E-state index contributed by atoms with van der Waals surface area (Å²) in [7, 11) is -2.25. The Kier molecular flexibility index (Phi) is 6.46. The molecule has 124 valence electrons. The number of hydrogen-bond acceptors (Lipinski definition) is 4. The van der Waals surface area contributed by atoms with Crippen LogP contribution in [0.2, 0.25) is 0 Å². The summed E-state index contributed by atoms with van der Waals surface area (Å²) in [5.41, 5.74) is -0.346. The van der Waals surface area contributed by atoms with Gasteiger partial charge in [0.05, 0.1) is 11.4 Å². The minimum Gasteiger partial charge on any atom is -0.350 e. The number of likely N-dealkylation sites (N-methyl/N-ethyl adjacent to an activating group) is 1. The van der Waals surface area contributed by atoms with Crippen LogP contribution in [0.1, 0.15) is 27.2 Å². The molecular formula is C15H24N2O3S2. The molecule has 7 heteroatoms. The molecule has 0 aliphatic carbocycles. The average Bonchev–Trinajstić information content (AvgIpc) is 2.46. The SMILES string of the molecule is CCC(C)(C)NC(=O)CN(C)S(=O)(=O)c1ccc(SC)cc1. The Morgan fingerprint density at radius 2 is 1.82 bits per heavy atom. The Hall–Kier alpha value is -1.05. The van der Waals surface area contributed by atoms with Crippen LogP contribution < -0.4 is 5.32 Å². The molecule has 5 nitrogen and oxygen atoms in total. The number of carbonyl (C=O) groups excluding carboxylic acids is 1. The van der Waals surface area contributed by atoms with Crippen LogP contribution in [0.15, 0.2) is 34.1 Å². The Morgan fingerprint density at radius 3 is 2.27 bits per heavy atom. The monoisotopic (exact) mass is 344 g/mol. The third-order valence-electron chi connectivity index (χ3n) is 3.50. The van der Waals surface area contributed by atoms with Crippen molar-refractivity contribution in [2.75, 3.05) is 19.8 Å². The summed E-state index contributed by atoms with van der Waals surface area (Å²) in [6, 6.07) is 6.63. The van der Waals surface area contributed by atoms with Gasteiger partial charge >= 0.3 is 0 Å². The lowest BCUT2D eigenvalue weighted by Gasteiger charge is -2.26. The van der Waals surface area contributed by atoms with Crippen LogP contribution in [0.25, 0.3) is 0 Å². The molecule has 1 aromatic carbocycles. The second-order valence-electron chi connectivity index (χ2n) is 5.72. The van der Waals surface area contributed by atoms with Crippen molar-refractivity contribution in [3.63, 3.8) is 0 Å². The van der Waals surface area contributed by atoms with Gasteiger partial charge in [-0.15, -0.1) is 11.8 Å². The van der Waals surface area contributed by atoms with Crippen LogP contribution in [0, 0.1) is 0 Å². The van der Waals surface area contributed by atoms with Gasteiger partial charge in [0.15, 0.2) is 0 Å². The first kappa shape index (κ1) is 19.0. The van der Waals surface area contributed by atoms with Crippen molar-refractivity contribution in [2.24, 2.45) is 0 Å². The number of nitrogens with one attached hydrogen (secondary N) is 1. The van der Waals surface area contributed by atoms with Crippen molar-refractivity contribution >= 4 is 27.7 Å². The first-order valence-electron chi connectivity index (χ1n) is 7.04. The van der Waals surface area contributed by atoms with E-state index in [0.29, 0.717) is 0 Å². The van der Waals surface area contributed by atoms with Gasteiger partial charge in [-0.05, 0) is 50.8 Å². The van der Waals surface area contributed by atoms with Gasteiger partial charge in [-0.1, -0.05) is 6.92 Å². The fraction of sp³-hybridized carbons (Fsp3) is 0.533. The van der Waals surface area contributed by atoms with E-state index in [0.717, 1.165) is 15.6 Å². The molecule has 0 aliphatic rings. The zero-order chi connectivity index (χ0) is 17.0. The quantitative estimate of drug-likeness (QED) is 0.771. The average molecular weight is 345 g/mol. The normalized spacial score (nSPS) is 12.5. The Balaban J connectivity index is 2.82. The van der Waals surface area contributed by atoms with Gasteiger partial charge in [0, 0.05) is 17.5 Å². The molecule has 0 fully saturated rings. The van der Waals surface area contributed by atoms with E-state index in [1.165, 1.54) is 7.05 Å². The van der Waals surface area contributed by atoms with E-state index in [9.17, 15) is 13.2 Å². The molecule has 0 saturated carbocycles. The molecule has 0 saturated heterocycles. The fourth-order valence-corrected chi connectivity index (χ4v) is 3.26. The van der Waals surface area contributed by atoms with Gasteiger partial charge < -0.3 is 5.32 Å². The molecule has 0 unspecified atom stereocenters. The van der Waals surface area contributed by atoms with Gasteiger partial charge in [-0.3, -0.25) is 4.79 Å². The number of amides is 1. The predicted molar refractivity (Wildman–Crippen MR) is 90.6 cm³/mol. The van der Waals surface area contributed by atoms with E-state index in [4.69, 9.17) is 0 Å². The maximum atomic E-state index is 12.4. The van der Waals surface area contributed by atoms with Crippen molar-refractivity contribution < 1.29 is 13.2 Å². The van der Waals surface area contributed by atoms with Crippen molar-refractivity contribution in [3.05, 3.63) is 24.3 Å². The van der Waals surface area contributed by atoms with Gasteiger partial charge in [-0.2, -0.15) is 4.31 Å². The second-order valence-corrected chi connectivity index (χ2v) is 8.65. The minimum absolute atomic E-state index is 0.190. The van der Waals surface area contributed by atoms with Crippen molar-refractivity contribution in [1.82, 2.24) is 9.62 Å². The third-order valence-corrected chi connectivity index (χ3v) is 6.06. The molecule has 0 spiro atoms. The maximum Gasteiger partial charge on any atom is 0.243 e. The van der Waals surface area contributed by atoms with E-state index >= 15 is 0 Å². The zero-order valence-corrected chi connectivity index (χ0v) is 15.3. The van der Waals surface area contributed by atoms with Gasteiger partial charge in [-0.25, -0.2) is 8.42 Å². The summed E-state index contributed by atoms with van der Waals surface area (Å²) >= 11 is 1.54. The first-order chi connectivity index (χ1) is 10.1. The molecular weight excluding hydrogens is 320 g/mol. The van der Waals surface area contributed by atoms with Crippen LogP contribution in [-0.2, 0) is 14.8 Å². The summed E-state index contributed by atoms with van der Waals surface area (Å²) in [4.78, 5) is 13.2. The molecule has 0 aromatic heterocycles. The third kappa shape index (κ3) is 5.00. The number of thioether (sulfide) groups is 1. The number of sulfonamides is 1. The predicted octanol–water partition coefficient (Wildman–Crippen LogP) is 2.33. The van der Waals surface area contributed by atoms with Crippen molar-refractivity contribution in [2.45, 2.75) is 42.5 Å². The van der Waals surface area contributed by atoms with Crippen molar-refractivity contribution in [1.29, 1.82) is 0 Å². The molecule has 1 N–H and O–H groups in total. The van der Waals surface area contributed by atoms with Crippen LogP contribution in [-0.4, -0.2) is 44.0 Å². The lowest BCUT2D eigenvalue weighted by molar-refractivity contribution is -0.122. The Bertz CT molecular complexity index is 610. The number of rotatable bonds is 7. The largest absolute Gasteiger partial charge is 0.350 e. The lowest BCUT2D eigenvalue weighted by atomic mass is 10.0. The topological polar surface area (TPSA) is 66.5 Å². The van der Waals surface area contributed by atoms with E-state index in [-0.39, 0.29) is 22.9 Å². The van der Waals surface area contributed by atoms with Crippen LogP contribution in [0.5, 0.6) is 0 Å². The van der Waals surface area contributed by atoms with Crippen LogP contribution >= 0.6 is 11.8 Å². The summed E-state index contributed by atoms with van der Waals surface area (Å²) < 4.78 is 26.0. The van der Waals surface area contributed by atoms with E-state index < -0.39 is 10.0 Å². The molecule has 0 bridgehead atoms. The molecule has 0 radical (unpaired) electrons. The van der Waals surface area contributed by atoms with Crippen LogP contribution in [0.3, 0.4) is 0 Å². The molecule has 1 aromatic rings. The second kappa shape index (κ2) is 7.48. The highest BCUT2D eigenvalue weighted by molar-refractivity contribution is 7.98. The van der Waals surface area contributed by atoms with Crippen LogP contribution in [0.4, 0.5) is 0 Å². The maximum absolute atomic E-state index is 12.4. The highest BCUT2D eigenvalue weighted by atomic mass is 32.2. The summed E-state index contributed by atoms with van der Waals surface area (Å²) in [6.07, 6.45) is 2.70. The first-order valence-corrected chi connectivity index (χ1v) is 9.70. The number of hydrogen-bond donors (Lipinski definition) is 1. The van der Waals surface area contributed by atoms with Crippen molar-refractivity contribution in [3.8, 4) is 0 Å². The highest BCUT2D eigenvalue weighted by Gasteiger charge is 2.25. The van der Waals surface area contributed by atoms with Gasteiger partial charge in [0.25, 0.3) is 0 Å². The number of benzene rings is 1. The summed E-state index contributed by atoms with van der Waals surface area (Å²) in [6.45, 7) is 5.57. The van der Waals surface area contributed by atoms with E-state index in [1.807, 2.05) is 27.0 Å². The molecule has 0 aliphatic heterocycles. The molecule has 0 heterocycles. The Labute approximate surface area is 137 Å². The van der Waals surface area contributed by atoms with E-state index in [2.05, 4.69) is 5.32 Å². The van der Waals surface area contributed by atoms with Gasteiger partial charge in [0.2, 0.25) is 15.9 Å². The highest BCUT2D eigenvalue weighted by Crippen LogP contribution is 2.19. The molecule has 1 amide bonds. The number of carbonyl (C=O) groups is 1. The smallest absolute Gasteiger partial charge is 0.243 e. The molecule has 22 heavy (non-hydrogen) atoms. The molecule has 0 atom stereocenters. The standard InChI is InChI=1S/C15H24N2O3S2/c1-6-15(2,3)16-14(18)11-17(4)22(19,20)13-9-7-12(21-5)8-10-13/h7-10H,6,11H2,1-5H3,(H,16,18). The van der Waals surface area contributed by atoms with E-state index in [1.54, 1.807) is 36.0 Å². The van der Waals surface area contributed by atoms with Gasteiger partial charge in [0.1, 0.15) is 0 Å². The number of nitrogens with zero attached hydrogens (tertiary/aromatic N) is 1. The summed E-state index contributed by atoms with van der Waals surface area (Å²) in [5.74, 6) is -0.307. The molecule has 1 rings (SSSR count). The fourth-order valence-electron chi connectivity index (χ4n) is 1.72. The Morgan fingerprint density at radius 1 is 1.27 bits per heavy atom. The lowest BCUT2D eigenvalue weighted by Crippen LogP contribution is -2.47. The summed E-state index contributed by atoms with van der Waals surface area (Å²) in [5, 5.41) is 2.83.